The predicted molar refractivity (Wildman–Crippen MR) is 79.6 cm³/mol. The predicted octanol–water partition coefficient (Wildman–Crippen LogP) is 2.02. The second kappa shape index (κ2) is 7.20. The number of hydrogen-bond donors (Lipinski definition) is 3. The van der Waals surface area contributed by atoms with Crippen LogP contribution in [0.15, 0.2) is 18.2 Å². The van der Waals surface area contributed by atoms with Gasteiger partial charge in [0, 0.05) is 18.5 Å². The first-order chi connectivity index (χ1) is 9.97. The van der Waals surface area contributed by atoms with E-state index in [1.54, 1.807) is 6.07 Å². The fraction of sp³-hybridized carbons (Fsp3) is 0.533. The van der Waals surface area contributed by atoms with Crippen LogP contribution in [0.2, 0.25) is 5.02 Å². The summed E-state index contributed by atoms with van der Waals surface area (Å²) in [5.74, 6) is -0.668. The molecule has 1 aromatic rings. The number of amides is 1. The molecule has 1 aliphatic rings. The Balaban J connectivity index is 1.86. The normalized spacial score (nSPS) is 23.6. The Morgan fingerprint density at radius 1 is 1.62 bits per heavy atom. The number of nitrogens with one attached hydrogen (secondary N) is 2. The third-order valence-electron chi connectivity index (χ3n) is 3.79. The average Bonchev–Trinajstić information content (AvgIpc) is 2.47. The topological polar surface area (TPSA) is 61.4 Å². The summed E-state index contributed by atoms with van der Waals surface area (Å²) in [6.45, 7) is 2.94. The van der Waals surface area contributed by atoms with Crippen molar-refractivity contribution in [2.75, 3.05) is 13.1 Å². The van der Waals surface area contributed by atoms with Crippen LogP contribution in [0, 0.1) is 11.7 Å². The van der Waals surface area contributed by atoms with E-state index in [2.05, 4.69) is 10.6 Å². The first-order valence-corrected chi connectivity index (χ1v) is 7.49. The minimum atomic E-state index is -0.945. The van der Waals surface area contributed by atoms with Crippen molar-refractivity contribution in [2.24, 2.45) is 5.92 Å². The Hall–Kier alpha value is -1.17. The molecule has 0 aromatic heterocycles. The van der Waals surface area contributed by atoms with Gasteiger partial charge in [-0.2, -0.15) is 0 Å². The number of hydrogen-bond acceptors (Lipinski definition) is 3. The van der Waals surface area contributed by atoms with Crippen LogP contribution in [-0.2, 0) is 4.79 Å². The lowest BCUT2D eigenvalue weighted by Crippen LogP contribution is -2.43. The smallest absolute Gasteiger partial charge is 0.223 e. The van der Waals surface area contributed by atoms with Crippen LogP contribution in [0.3, 0.4) is 0 Å². The molecule has 0 saturated carbocycles. The molecule has 1 aliphatic heterocycles. The standard InChI is InChI=1S/C15H20ClFN2O2/c1-9-6-11(4-5-18-9)15(21)19-8-14(20)10-2-3-12(16)13(17)7-10/h2-3,7,9,11,14,18,20H,4-6,8H2,1H3,(H,19,21)/t9-,11-,14?/m0/s1. The van der Waals surface area contributed by atoms with Crippen LogP contribution in [-0.4, -0.2) is 30.1 Å². The van der Waals surface area contributed by atoms with Crippen molar-refractivity contribution in [1.29, 1.82) is 0 Å². The van der Waals surface area contributed by atoms with Gasteiger partial charge in [0.05, 0.1) is 11.1 Å². The van der Waals surface area contributed by atoms with Crippen LogP contribution < -0.4 is 10.6 Å². The van der Waals surface area contributed by atoms with Crippen LogP contribution in [0.25, 0.3) is 0 Å². The summed E-state index contributed by atoms with van der Waals surface area (Å²) in [6, 6.07) is 4.46. The van der Waals surface area contributed by atoms with Gasteiger partial charge in [-0.1, -0.05) is 17.7 Å². The zero-order valence-electron chi connectivity index (χ0n) is 11.9. The molecule has 0 bridgehead atoms. The second-order valence-corrected chi connectivity index (χ2v) is 5.92. The molecule has 1 saturated heterocycles. The summed E-state index contributed by atoms with van der Waals surface area (Å²) in [5, 5.41) is 16.0. The fourth-order valence-electron chi connectivity index (χ4n) is 2.55. The van der Waals surface area contributed by atoms with Gasteiger partial charge in [0.15, 0.2) is 0 Å². The maximum Gasteiger partial charge on any atom is 0.223 e. The summed E-state index contributed by atoms with van der Waals surface area (Å²) >= 11 is 5.60. The molecule has 0 aliphatic carbocycles. The SMILES string of the molecule is C[C@H]1C[C@@H](C(=O)NCC(O)c2ccc(Cl)c(F)c2)CCN1. The Morgan fingerprint density at radius 2 is 2.38 bits per heavy atom. The van der Waals surface area contributed by atoms with Gasteiger partial charge in [-0.15, -0.1) is 0 Å². The monoisotopic (exact) mass is 314 g/mol. The Labute approximate surface area is 128 Å². The number of carbonyl (C=O) groups excluding carboxylic acids is 1. The van der Waals surface area contributed by atoms with E-state index in [0.29, 0.717) is 11.6 Å². The van der Waals surface area contributed by atoms with Crippen molar-refractivity contribution in [3.63, 3.8) is 0 Å². The van der Waals surface area contributed by atoms with Crippen molar-refractivity contribution in [3.8, 4) is 0 Å². The number of halogens is 2. The Bertz CT molecular complexity index is 512. The molecule has 1 heterocycles. The van der Waals surface area contributed by atoms with Crippen LogP contribution in [0.1, 0.15) is 31.4 Å². The summed E-state index contributed by atoms with van der Waals surface area (Å²) in [7, 11) is 0. The highest BCUT2D eigenvalue weighted by molar-refractivity contribution is 6.30. The first-order valence-electron chi connectivity index (χ1n) is 7.11. The quantitative estimate of drug-likeness (QED) is 0.797. The number of carbonyl (C=O) groups is 1. The highest BCUT2D eigenvalue weighted by atomic mass is 35.5. The number of benzene rings is 1. The molecule has 0 radical (unpaired) electrons. The number of rotatable bonds is 4. The van der Waals surface area contributed by atoms with E-state index in [0.717, 1.165) is 19.4 Å². The van der Waals surface area contributed by atoms with E-state index < -0.39 is 11.9 Å². The fourth-order valence-corrected chi connectivity index (χ4v) is 2.67. The molecular weight excluding hydrogens is 295 g/mol. The number of piperidine rings is 1. The summed E-state index contributed by atoms with van der Waals surface area (Å²) < 4.78 is 13.3. The van der Waals surface area contributed by atoms with Crippen molar-refractivity contribution in [3.05, 3.63) is 34.6 Å². The van der Waals surface area contributed by atoms with Crippen LogP contribution in [0.5, 0.6) is 0 Å². The summed E-state index contributed by atoms with van der Waals surface area (Å²) in [4.78, 5) is 12.1. The second-order valence-electron chi connectivity index (χ2n) is 5.51. The molecule has 2 rings (SSSR count). The third kappa shape index (κ3) is 4.40. The molecule has 3 N–H and O–H groups in total. The minimum absolute atomic E-state index is 0.0127. The highest BCUT2D eigenvalue weighted by Crippen LogP contribution is 2.20. The van der Waals surface area contributed by atoms with Gasteiger partial charge in [0.1, 0.15) is 5.82 Å². The lowest BCUT2D eigenvalue weighted by atomic mass is 9.92. The minimum Gasteiger partial charge on any atom is -0.387 e. The number of aliphatic hydroxyl groups excluding tert-OH is 1. The van der Waals surface area contributed by atoms with Gasteiger partial charge >= 0.3 is 0 Å². The van der Waals surface area contributed by atoms with E-state index >= 15 is 0 Å². The molecule has 1 aromatic carbocycles. The van der Waals surface area contributed by atoms with Gasteiger partial charge in [-0.3, -0.25) is 4.79 Å². The molecular formula is C15H20ClFN2O2. The van der Waals surface area contributed by atoms with Gasteiger partial charge in [-0.25, -0.2) is 4.39 Å². The zero-order chi connectivity index (χ0) is 15.4. The third-order valence-corrected chi connectivity index (χ3v) is 4.10. The number of aliphatic hydroxyl groups is 1. The summed E-state index contributed by atoms with van der Waals surface area (Å²) in [5.41, 5.74) is 0.399. The van der Waals surface area contributed by atoms with Crippen molar-refractivity contribution >= 4 is 17.5 Å². The van der Waals surface area contributed by atoms with Gasteiger partial charge in [0.25, 0.3) is 0 Å². The zero-order valence-corrected chi connectivity index (χ0v) is 12.7. The van der Waals surface area contributed by atoms with E-state index in [1.807, 2.05) is 6.92 Å². The lowest BCUT2D eigenvalue weighted by Gasteiger charge is -2.27. The van der Waals surface area contributed by atoms with Crippen molar-refractivity contribution < 1.29 is 14.3 Å². The maximum atomic E-state index is 13.3. The molecule has 4 nitrogen and oxygen atoms in total. The lowest BCUT2D eigenvalue weighted by molar-refractivity contribution is -0.126. The molecule has 21 heavy (non-hydrogen) atoms. The Morgan fingerprint density at radius 3 is 3.05 bits per heavy atom. The molecule has 3 atom stereocenters. The highest BCUT2D eigenvalue weighted by Gasteiger charge is 2.25. The molecule has 1 amide bonds. The van der Waals surface area contributed by atoms with Gasteiger partial charge in [0.2, 0.25) is 5.91 Å². The molecule has 1 unspecified atom stereocenters. The van der Waals surface area contributed by atoms with E-state index in [9.17, 15) is 14.3 Å². The van der Waals surface area contributed by atoms with E-state index in [4.69, 9.17) is 11.6 Å². The van der Waals surface area contributed by atoms with Crippen LogP contribution in [0.4, 0.5) is 4.39 Å². The largest absolute Gasteiger partial charge is 0.387 e. The van der Waals surface area contributed by atoms with Crippen molar-refractivity contribution in [1.82, 2.24) is 10.6 Å². The molecule has 116 valence electrons. The molecule has 1 fully saturated rings. The van der Waals surface area contributed by atoms with E-state index in [-0.39, 0.29) is 23.4 Å². The van der Waals surface area contributed by atoms with E-state index in [1.165, 1.54) is 12.1 Å². The molecule has 6 heteroatoms. The van der Waals surface area contributed by atoms with Crippen molar-refractivity contribution in [2.45, 2.75) is 31.9 Å². The molecule has 0 spiro atoms. The van der Waals surface area contributed by atoms with Gasteiger partial charge < -0.3 is 15.7 Å². The average molecular weight is 315 g/mol. The maximum absolute atomic E-state index is 13.3. The first kappa shape index (κ1) is 16.2. The van der Waals surface area contributed by atoms with Gasteiger partial charge in [-0.05, 0) is 44.0 Å². The Kier molecular flexibility index (Phi) is 5.56. The summed E-state index contributed by atoms with van der Waals surface area (Å²) in [6.07, 6.45) is 0.638. The van der Waals surface area contributed by atoms with Crippen LogP contribution >= 0.6 is 11.6 Å².